The van der Waals surface area contributed by atoms with Crippen LogP contribution in [-0.4, -0.2) is 20.4 Å². The molecule has 0 saturated heterocycles. The van der Waals surface area contributed by atoms with Crippen LogP contribution in [0.2, 0.25) is 0 Å². The summed E-state index contributed by atoms with van der Waals surface area (Å²) in [4.78, 5) is 27.7. The Morgan fingerprint density at radius 2 is 1.60 bits per heavy atom. The number of carbonyl (C=O) groups is 1. The molecule has 0 bridgehead atoms. The minimum atomic E-state index is -0.530. The molecule has 0 amide bonds. The number of hydrogen-bond acceptors (Lipinski definition) is 6. The average Bonchev–Trinajstić information content (AvgIpc) is 3.02. The number of ketones is 1. The molecular weight excluding hydrogens is 380 g/mol. The number of hydrogen-bond donors (Lipinski definition) is 2. The molecule has 0 atom stereocenters. The van der Waals surface area contributed by atoms with Crippen LogP contribution in [0.25, 0.3) is 16.9 Å². The van der Waals surface area contributed by atoms with E-state index in [1.165, 1.54) is 11.4 Å². The molecule has 150 valence electrons. The zero-order valence-corrected chi connectivity index (χ0v) is 16.8. The number of nitrogens with one attached hydrogen (secondary N) is 1. The van der Waals surface area contributed by atoms with Crippen molar-refractivity contribution in [2.45, 2.75) is 20.8 Å². The lowest BCUT2D eigenvalue weighted by atomic mass is 10.0. The van der Waals surface area contributed by atoms with Crippen molar-refractivity contribution in [1.29, 1.82) is 0 Å². The number of azo groups is 1. The Bertz CT molecular complexity index is 1350. The number of benzene rings is 2. The largest absolute Gasteiger partial charge is 0.380 e. The van der Waals surface area contributed by atoms with Crippen molar-refractivity contribution < 1.29 is 4.79 Å². The summed E-state index contributed by atoms with van der Waals surface area (Å²) in [6.45, 7) is 5.28. The molecule has 4 rings (SSSR count). The van der Waals surface area contributed by atoms with E-state index in [4.69, 9.17) is 5.73 Å². The number of aromatic nitrogens is 3. The number of nitrogens with zero attached hydrogens (tertiary/aromatic N) is 4. The topological polar surface area (TPSA) is 118 Å². The highest BCUT2D eigenvalue weighted by molar-refractivity contribution is 6.00. The zero-order valence-electron chi connectivity index (χ0n) is 16.8. The van der Waals surface area contributed by atoms with E-state index in [2.05, 4.69) is 20.3 Å². The Hall–Kier alpha value is -4.07. The maximum atomic E-state index is 12.8. The van der Waals surface area contributed by atoms with Gasteiger partial charge in [-0.15, -0.1) is 10.2 Å². The van der Waals surface area contributed by atoms with Crippen LogP contribution >= 0.6 is 0 Å². The van der Waals surface area contributed by atoms with Gasteiger partial charge in [0.1, 0.15) is 5.56 Å². The van der Waals surface area contributed by atoms with Gasteiger partial charge in [-0.3, -0.25) is 9.59 Å². The van der Waals surface area contributed by atoms with E-state index in [1.54, 1.807) is 0 Å². The van der Waals surface area contributed by atoms with Crippen molar-refractivity contribution in [2.24, 2.45) is 10.2 Å². The first-order chi connectivity index (χ1) is 14.3. The molecule has 2 aromatic carbocycles. The third kappa shape index (κ3) is 3.39. The second kappa shape index (κ2) is 7.40. The first kappa shape index (κ1) is 19.3. The van der Waals surface area contributed by atoms with Crippen molar-refractivity contribution in [3.05, 3.63) is 75.6 Å². The number of anilines is 1. The molecule has 0 unspecified atom stereocenters. The summed E-state index contributed by atoms with van der Waals surface area (Å²) in [5.74, 6) is -0.277. The summed E-state index contributed by atoms with van der Waals surface area (Å²) in [6, 6.07) is 15.0. The number of Topliss-reactive ketones (excluding diaryl/α,β-unsaturated/α-hetero) is 1. The summed E-state index contributed by atoms with van der Waals surface area (Å²) >= 11 is 0. The molecule has 0 spiro atoms. The van der Waals surface area contributed by atoms with Gasteiger partial charge in [0, 0.05) is 5.56 Å². The van der Waals surface area contributed by atoms with E-state index in [0.29, 0.717) is 16.9 Å². The molecular formula is C22H20N6O2. The molecule has 0 aliphatic carbocycles. The molecule has 2 aromatic heterocycles. The Morgan fingerprint density at radius 3 is 2.20 bits per heavy atom. The Morgan fingerprint density at radius 1 is 1.00 bits per heavy atom. The van der Waals surface area contributed by atoms with Crippen LogP contribution in [0, 0.1) is 13.8 Å². The summed E-state index contributed by atoms with van der Waals surface area (Å²) in [7, 11) is 0. The standard InChI is InChI=1S/C22H20N6O2/c1-12-4-8-15(9-5-12)19-17(14(3)29)22(30)24-21-18(20(23)27-28(19)21)26-25-16-10-6-13(2)7-11-16/h4-11H,1-3H3,(H2,23,27)(H,24,30). The number of nitrogen functional groups attached to an aromatic ring is 1. The van der Waals surface area contributed by atoms with Crippen molar-refractivity contribution >= 4 is 28.6 Å². The highest BCUT2D eigenvalue weighted by Crippen LogP contribution is 2.32. The minimum absolute atomic E-state index is 0.0101. The van der Waals surface area contributed by atoms with Crippen LogP contribution < -0.4 is 11.3 Å². The Labute approximate surface area is 172 Å². The fourth-order valence-corrected chi connectivity index (χ4v) is 3.21. The maximum absolute atomic E-state index is 12.8. The normalized spacial score (nSPS) is 11.4. The lowest BCUT2D eigenvalue weighted by molar-refractivity contribution is 0.101. The second-order valence-electron chi connectivity index (χ2n) is 7.13. The average molecular weight is 400 g/mol. The lowest BCUT2D eigenvalue weighted by Gasteiger charge is -2.09. The predicted octanol–water partition coefficient (Wildman–Crippen LogP) is 4.51. The van der Waals surface area contributed by atoms with Gasteiger partial charge in [0.05, 0.1) is 11.4 Å². The van der Waals surface area contributed by atoms with E-state index in [0.717, 1.165) is 11.1 Å². The van der Waals surface area contributed by atoms with Gasteiger partial charge in [0.15, 0.2) is 22.9 Å². The number of rotatable bonds is 4. The van der Waals surface area contributed by atoms with E-state index >= 15 is 0 Å². The Kier molecular flexibility index (Phi) is 4.75. The number of carbonyl (C=O) groups excluding carboxylic acids is 1. The summed E-state index contributed by atoms with van der Waals surface area (Å²) in [5.41, 5.74) is 9.92. The van der Waals surface area contributed by atoms with E-state index < -0.39 is 5.56 Å². The first-order valence-electron chi connectivity index (χ1n) is 9.36. The molecule has 0 aliphatic heterocycles. The van der Waals surface area contributed by atoms with Gasteiger partial charge in [-0.1, -0.05) is 47.5 Å². The number of nitrogens with two attached hydrogens (primary N) is 1. The molecule has 8 heteroatoms. The smallest absolute Gasteiger partial charge is 0.262 e. The number of aryl methyl sites for hydroxylation is 2. The quantitative estimate of drug-likeness (QED) is 0.387. The van der Waals surface area contributed by atoms with Crippen molar-refractivity contribution in [1.82, 2.24) is 14.6 Å². The van der Waals surface area contributed by atoms with Gasteiger partial charge in [-0.2, -0.15) is 5.11 Å². The summed E-state index contributed by atoms with van der Waals surface area (Å²) in [5, 5.41) is 12.8. The van der Waals surface area contributed by atoms with Gasteiger partial charge in [-0.25, -0.2) is 4.52 Å². The molecule has 0 radical (unpaired) electrons. The Balaban J connectivity index is 1.96. The summed E-state index contributed by atoms with van der Waals surface area (Å²) in [6.07, 6.45) is 0. The molecule has 30 heavy (non-hydrogen) atoms. The fourth-order valence-electron chi connectivity index (χ4n) is 3.21. The van der Waals surface area contributed by atoms with Crippen molar-refractivity contribution in [3.8, 4) is 11.3 Å². The van der Waals surface area contributed by atoms with Crippen molar-refractivity contribution in [3.63, 3.8) is 0 Å². The fraction of sp³-hybridized carbons (Fsp3) is 0.136. The van der Waals surface area contributed by atoms with E-state index in [-0.39, 0.29) is 28.5 Å². The third-order valence-electron chi connectivity index (χ3n) is 4.77. The lowest BCUT2D eigenvalue weighted by Crippen LogP contribution is -2.21. The monoisotopic (exact) mass is 400 g/mol. The molecule has 0 saturated carbocycles. The van der Waals surface area contributed by atoms with Crippen LogP contribution in [0.15, 0.2) is 63.6 Å². The van der Waals surface area contributed by atoms with E-state index in [1.807, 2.05) is 62.4 Å². The van der Waals surface area contributed by atoms with Gasteiger partial charge < -0.3 is 10.7 Å². The van der Waals surface area contributed by atoms with Crippen molar-refractivity contribution in [2.75, 3.05) is 5.73 Å². The molecule has 2 heterocycles. The molecule has 0 aliphatic rings. The zero-order chi connectivity index (χ0) is 21.4. The predicted molar refractivity (Wildman–Crippen MR) is 116 cm³/mol. The van der Waals surface area contributed by atoms with Gasteiger partial charge in [0.2, 0.25) is 0 Å². The number of fused-ring (bicyclic) bond motifs is 1. The van der Waals surface area contributed by atoms with Gasteiger partial charge >= 0.3 is 0 Å². The van der Waals surface area contributed by atoms with Crippen LogP contribution in [-0.2, 0) is 0 Å². The summed E-state index contributed by atoms with van der Waals surface area (Å²) < 4.78 is 1.45. The SMILES string of the molecule is CC(=O)c1c(-c2ccc(C)cc2)n2nc(N)c(N=Nc3ccc(C)cc3)c2[nH]c1=O. The number of aromatic amines is 1. The molecule has 4 aromatic rings. The first-order valence-corrected chi connectivity index (χ1v) is 9.36. The maximum Gasteiger partial charge on any atom is 0.262 e. The van der Waals surface area contributed by atoms with Crippen LogP contribution in [0.1, 0.15) is 28.4 Å². The highest BCUT2D eigenvalue weighted by atomic mass is 16.1. The van der Waals surface area contributed by atoms with Crippen LogP contribution in [0.4, 0.5) is 17.2 Å². The molecule has 8 nitrogen and oxygen atoms in total. The third-order valence-corrected chi connectivity index (χ3v) is 4.77. The number of H-pyrrole nitrogens is 1. The van der Waals surface area contributed by atoms with Gasteiger partial charge in [-0.05, 0) is 32.9 Å². The molecule has 0 fully saturated rings. The molecule has 3 N–H and O–H groups in total. The highest BCUT2D eigenvalue weighted by Gasteiger charge is 2.22. The minimum Gasteiger partial charge on any atom is -0.380 e. The second-order valence-corrected chi connectivity index (χ2v) is 7.13. The van der Waals surface area contributed by atoms with Crippen LogP contribution in [0.5, 0.6) is 0 Å². The van der Waals surface area contributed by atoms with Gasteiger partial charge in [0.25, 0.3) is 5.56 Å². The van der Waals surface area contributed by atoms with Crippen LogP contribution in [0.3, 0.4) is 0 Å². The van der Waals surface area contributed by atoms with E-state index in [9.17, 15) is 9.59 Å².